The number of aliphatic hydroxyl groups is 1. The van der Waals surface area contributed by atoms with Crippen molar-refractivity contribution in [3.63, 3.8) is 0 Å². The first-order valence-corrected chi connectivity index (χ1v) is 10.4. The molecule has 1 aromatic heterocycles. The van der Waals surface area contributed by atoms with Crippen molar-refractivity contribution in [2.24, 2.45) is 23.2 Å². The average Bonchev–Trinajstić information content (AvgIpc) is 2.70. The second-order valence-electron chi connectivity index (χ2n) is 8.81. The van der Waals surface area contributed by atoms with Gasteiger partial charge in [0, 0.05) is 29.9 Å². The van der Waals surface area contributed by atoms with E-state index < -0.39 is 0 Å². The highest BCUT2D eigenvalue weighted by Crippen LogP contribution is 2.57. The van der Waals surface area contributed by atoms with E-state index in [-0.39, 0.29) is 29.0 Å². The minimum atomic E-state index is -0.369. The van der Waals surface area contributed by atoms with Crippen molar-refractivity contribution in [1.82, 2.24) is 0 Å². The summed E-state index contributed by atoms with van der Waals surface area (Å²) < 4.78 is 11.4. The molecule has 4 nitrogen and oxygen atoms in total. The first-order chi connectivity index (χ1) is 13.9. The highest BCUT2D eigenvalue weighted by molar-refractivity contribution is 5.77. The molecule has 5 atom stereocenters. The van der Waals surface area contributed by atoms with Gasteiger partial charge in [0.15, 0.2) is 0 Å². The van der Waals surface area contributed by atoms with Crippen LogP contribution in [0.4, 0.5) is 0 Å². The monoisotopic (exact) mass is 392 g/mol. The first kappa shape index (κ1) is 19.8. The van der Waals surface area contributed by atoms with E-state index in [0.29, 0.717) is 30.3 Å². The maximum atomic E-state index is 11.5. The van der Waals surface area contributed by atoms with E-state index in [9.17, 15) is 9.90 Å². The van der Waals surface area contributed by atoms with Gasteiger partial charge in [-0.15, -0.1) is 12.3 Å². The Labute approximate surface area is 171 Å². The predicted molar refractivity (Wildman–Crippen MR) is 114 cm³/mol. The summed E-state index contributed by atoms with van der Waals surface area (Å²) in [7, 11) is 0. The summed E-state index contributed by atoms with van der Waals surface area (Å²) in [5.41, 5.74) is 1.38. The van der Waals surface area contributed by atoms with Crippen LogP contribution in [-0.4, -0.2) is 17.8 Å². The second kappa shape index (κ2) is 7.72. The van der Waals surface area contributed by atoms with Gasteiger partial charge in [0.1, 0.15) is 11.3 Å². The van der Waals surface area contributed by atoms with Gasteiger partial charge in [-0.2, -0.15) is 0 Å². The van der Waals surface area contributed by atoms with Crippen LogP contribution < -0.4 is 10.4 Å². The van der Waals surface area contributed by atoms with Crippen LogP contribution in [0.3, 0.4) is 0 Å². The third-order valence-electron chi connectivity index (χ3n) is 7.27. The highest BCUT2D eigenvalue weighted by atomic mass is 16.5. The molecule has 2 fully saturated rings. The normalized spacial score (nSPS) is 31.8. The minimum Gasteiger partial charge on any atom is -0.493 e. The van der Waals surface area contributed by atoms with E-state index in [1.165, 1.54) is 11.6 Å². The Bertz CT molecular complexity index is 1010. The van der Waals surface area contributed by atoms with Crippen LogP contribution in [0.1, 0.15) is 39.0 Å². The molecule has 4 rings (SSSR count). The quantitative estimate of drug-likeness (QED) is 0.471. The van der Waals surface area contributed by atoms with Crippen LogP contribution in [0, 0.1) is 35.5 Å². The second-order valence-corrected chi connectivity index (χ2v) is 8.81. The van der Waals surface area contributed by atoms with Gasteiger partial charge < -0.3 is 14.3 Å². The third kappa shape index (κ3) is 3.60. The van der Waals surface area contributed by atoms with Crippen LogP contribution in [0.5, 0.6) is 5.75 Å². The Kier molecular flexibility index (Phi) is 5.27. The van der Waals surface area contributed by atoms with Crippen molar-refractivity contribution < 1.29 is 14.3 Å². The summed E-state index contributed by atoms with van der Waals surface area (Å²) in [4.78, 5) is 11.5. The summed E-state index contributed by atoms with van der Waals surface area (Å²) in [5.74, 6) is 4.17. The van der Waals surface area contributed by atoms with E-state index in [1.807, 2.05) is 12.1 Å². The van der Waals surface area contributed by atoms with Crippen molar-refractivity contribution in [2.45, 2.75) is 45.1 Å². The Morgan fingerprint density at radius 3 is 2.93 bits per heavy atom. The van der Waals surface area contributed by atoms with Gasteiger partial charge in [0.05, 0.1) is 12.7 Å². The lowest BCUT2D eigenvalue weighted by Gasteiger charge is -2.55. The molecule has 0 unspecified atom stereocenters. The number of aliphatic hydroxyl groups excluding tert-OH is 1. The van der Waals surface area contributed by atoms with Crippen LogP contribution in [0.25, 0.3) is 11.0 Å². The van der Waals surface area contributed by atoms with Crippen LogP contribution in [0.2, 0.25) is 0 Å². The number of ether oxygens (including phenoxy) is 1. The number of hydrogen-bond donors (Lipinski definition) is 1. The zero-order valence-electron chi connectivity index (χ0n) is 16.9. The molecule has 0 spiro atoms. The lowest BCUT2D eigenvalue weighted by atomic mass is 9.50. The summed E-state index contributed by atoms with van der Waals surface area (Å²) >= 11 is 0. The standard InChI is InChI=1S/C25H28O4/c1-4-5-19-20-10-6-16(2)21(25(20,3)13-12-22(19)26)15-28-18-9-7-17-8-11-24(27)29-23(17)14-18/h1,7-9,11,14,19-22,26H,2,5-6,10,12-13,15H2,3H3/t19-,20-,21-,22+,25-/m1/s1. The molecule has 2 aliphatic carbocycles. The van der Waals surface area contributed by atoms with Gasteiger partial charge in [-0.3, -0.25) is 0 Å². The van der Waals surface area contributed by atoms with Gasteiger partial charge in [0.25, 0.3) is 0 Å². The van der Waals surface area contributed by atoms with Crippen molar-refractivity contribution >= 4 is 11.0 Å². The molecule has 2 saturated carbocycles. The van der Waals surface area contributed by atoms with Crippen molar-refractivity contribution in [3.05, 3.63) is 52.9 Å². The lowest BCUT2D eigenvalue weighted by Crippen LogP contribution is -2.51. The van der Waals surface area contributed by atoms with Crippen molar-refractivity contribution in [1.29, 1.82) is 0 Å². The Hall–Kier alpha value is -2.51. The molecule has 2 aliphatic rings. The zero-order chi connectivity index (χ0) is 20.6. The molecule has 1 heterocycles. The van der Waals surface area contributed by atoms with Crippen molar-refractivity contribution in [3.8, 4) is 18.1 Å². The predicted octanol–water partition coefficient (Wildman–Crippen LogP) is 4.55. The summed E-state index contributed by atoms with van der Waals surface area (Å²) in [6, 6.07) is 8.74. The summed E-state index contributed by atoms with van der Waals surface area (Å²) in [6.45, 7) is 7.18. The fourth-order valence-electron chi connectivity index (χ4n) is 5.61. The molecule has 2 aromatic rings. The molecule has 4 heteroatoms. The molecule has 1 N–H and O–H groups in total. The number of benzene rings is 1. The van der Waals surface area contributed by atoms with Gasteiger partial charge in [-0.25, -0.2) is 4.79 Å². The smallest absolute Gasteiger partial charge is 0.336 e. The summed E-state index contributed by atoms with van der Waals surface area (Å²) in [5, 5.41) is 11.4. The molecule has 29 heavy (non-hydrogen) atoms. The fourth-order valence-corrected chi connectivity index (χ4v) is 5.61. The largest absolute Gasteiger partial charge is 0.493 e. The maximum Gasteiger partial charge on any atom is 0.336 e. The van der Waals surface area contributed by atoms with E-state index >= 15 is 0 Å². The number of rotatable bonds is 4. The lowest BCUT2D eigenvalue weighted by molar-refractivity contribution is -0.0826. The number of terminal acetylenes is 1. The van der Waals surface area contributed by atoms with Gasteiger partial charge in [-0.05, 0) is 61.1 Å². The van der Waals surface area contributed by atoms with Gasteiger partial charge >= 0.3 is 5.63 Å². The Morgan fingerprint density at radius 2 is 2.14 bits per heavy atom. The molecule has 152 valence electrons. The topological polar surface area (TPSA) is 59.7 Å². The van der Waals surface area contributed by atoms with Crippen LogP contribution >= 0.6 is 0 Å². The molecule has 0 saturated heterocycles. The SMILES string of the molecule is C#CC[C@@H]1[C@H]2CCC(=C)[C@@H](COc3ccc4ccc(=O)oc4c3)[C@]2(C)CC[C@@H]1O. The van der Waals surface area contributed by atoms with Crippen molar-refractivity contribution in [2.75, 3.05) is 6.61 Å². The van der Waals surface area contributed by atoms with Gasteiger partial charge in [0.2, 0.25) is 0 Å². The molecule has 0 aliphatic heterocycles. The van der Waals surface area contributed by atoms with E-state index in [4.69, 9.17) is 15.6 Å². The maximum absolute atomic E-state index is 11.5. The van der Waals surface area contributed by atoms with E-state index in [2.05, 4.69) is 19.4 Å². The molecule has 0 radical (unpaired) electrons. The van der Waals surface area contributed by atoms with Crippen LogP contribution in [0.15, 0.2) is 51.7 Å². The number of fused-ring (bicyclic) bond motifs is 2. The van der Waals surface area contributed by atoms with E-state index in [1.54, 1.807) is 12.1 Å². The molecule has 0 bridgehead atoms. The first-order valence-electron chi connectivity index (χ1n) is 10.4. The Morgan fingerprint density at radius 1 is 1.34 bits per heavy atom. The van der Waals surface area contributed by atoms with Gasteiger partial charge in [-0.1, -0.05) is 19.1 Å². The number of hydrogen-bond acceptors (Lipinski definition) is 4. The average molecular weight is 392 g/mol. The molecule has 1 aromatic carbocycles. The zero-order valence-corrected chi connectivity index (χ0v) is 16.9. The highest BCUT2D eigenvalue weighted by Gasteiger charge is 2.52. The van der Waals surface area contributed by atoms with E-state index in [0.717, 1.165) is 31.1 Å². The van der Waals surface area contributed by atoms with Crippen LogP contribution in [-0.2, 0) is 0 Å². The molecule has 0 amide bonds. The third-order valence-corrected chi connectivity index (χ3v) is 7.27. The molecular formula is C25H28O4. The Balaban J connectivity index is 1.56. The fraction of sp³-hybridized carbons (Fsp3) is 0.480. The summed E-state index contributed by atoms with van der Waals surface area (Å²) in [6.07, 6.45) is 9.58. The minimum absolute atomic E-state index is 0.0134. The molecular weight excluding hydrogens is 364 g/mol.